The van der Waals surface area contributed by atoms with Gasteiger partial charge >= 0.3 is 5.97 Å². The lowest BCUT2D eigenvalue weighted by atomic mass is 10.1. The fraction of sp³-hybridized carbons (Fsp3) is 0.0714. The number of hydrogen-bond acceptors (Lipinski definition) is 6. The Balaban J connectivity index is 1.92. The number of aromatic amines is 1. The molecule has 0 saturated heterocycles. The van der Waals surface area contributed by atoms with Gasteiger partial charge in [-0.05, 0) is 48.0 Å². The van der Waals surface area contributed by atoms with E-state index in [2.05, 4.69) is 25.6 Å². The van der Waals surface area contributed by atoms with Crippen molar-refractivity contribution < 1.29 is 14.6 Å². The molecule has 2 aromatic heterocycles. The molecular weight excluding hydrogens is 286 g/mol. The summed E-state index contributed by atoms with van der Waals surface area (Å²) >= 11 is 0. The van der Waals surface area contributed by atoms with Gasteiger partial charge in [0.15, 0.2) is 0 Å². The van der Waals surface area contributed by atoms with Crippen molar-refractivity contribution in [3.63, 3.8) is 0 Å². The number of benzene rings is 1. The number of aromatic nitrogens is 5. The van der Waals surface area contributed by atoms with Crippen molar-refractivity contribution in [1.82, 2.24) is 25.6 Å². The second kappa shape index (κ2) is 5.60. The summed E-state index contributed by atoms with van der Waals surface area (Å²) in [6, 6.07) is 8.28. The lowest BCUT2D eigenvalue weighted by Gasteiger charge is -2.10. The molecule has 0 unspecified atom stereocenters. The minimum atomic E-state index is -1.09. The molecule has 0 radical (unpaired) electrons. The van der Waals surface area contributed by atoms with E-state index in [9.17, 15) is 4.79 Å². The number of nitrogens with one attached hydrogen (secondary N) is 1. The first-order valence-electron chi connectivity index (χ1n) is 6.36. The van der Waals surface area contributed by atoms with Crippen LogP contribution in [0.4, 0.5) is 0 Å². The quantitative estimate of drug-likeness (QED) is 0.757. The van der Waals surface area contributed by atoms with Crippen molar-refractivity contribution >= 4 is 5.97 Å². The fourth-order valence-corrected chi connectivity index (χ4v) is 1.93. The van der Waals surface area contributed by atoms with E-state index in [1.54, 1.807) is 18.2 Å². The highest BCUT2D eigenvalue weighted by atomic mass is 16.5. The highest BCUT2D eigenvalue weighted by molar-refractivity contribution is 5.90. The Kier molecular flexibility index (Phi) is 3.48. The first-order chi connectivity index (χ1) is 10.6. The van der Waals surface area contributed by atoms with Crippen molar-refractivity contribution in [3.8, 4) is 23.0 Å². The van der Waals surface area contributed by atoms with E-state index in [0.717, 1.165) is 11.1 Å². The van der Waals surface area contributed by atoms with Crippen LogP contribution in [0.2, 0.25) is 0 Å². The van der Waals surface area contributed by atoms with E-state index in [1.165, 1.54) is 12.3 Å². The molecule has 2 N–H and O–H groups in total. The van der Waals surface area contributed by atoms with Crippen LogP contribution >= 0.6 is 0 Å². The molecule has 2 heterocycles. The molecule has 0 aliphatic rings. The summed E-state index contributed by atoms with van der Waals surface area (Å²) in [5, 5.41) is 22.8. The number of tetrazole rings is 1. The van der Waals surface area contributed by atoms with Crippen LogP contribution in [0.25, 0.3) is 11.4 Å². The molecular formula is C14H11N5O3. The van der Waals surface area contributed by atoms with Crippen molar-refractivity contribution in [1.29, 1.82) is 0 Å². The van der Waals surface area contributed by atoms with Gasteiger partial charge in [-0.1, -0.05) is 0 Å². The van der Waals surface area contributed by atoms with Crippen LogP contribution in [0.3, 0.4) is 0 Å². The monoisotopic (exact) mass is 297 g/mol. The maximum absolute atomic E-state index is 11.2. The third kappa shape index (κ3) is 2.62. The third-order valence-corrected chi connectivity index (χ3v) is 2.99. The number of hydrogen-bond donors (Lipinski definition) is 2. The Bertz CT molecular complexity index is 817. The Morgan fingerprint density at radius 3 is 2.86 bits per heavy atom. The smallest absolute Gasteiger partial charge is 0.341 e. The van der Waals surface area contributed by atoms with Gasteiger partial charge < -0.3 is 9.84 Å². The van der Waals surface area contributed by atoms with Gasteiger partial charge in [-0.3, -0.25) is 0 Å². The summed E-state index contributed by atoms with van der Waals surface area (Å²) in [6.07, 6.45) is 1.48. The van der Waals surface area contributed by atoms with Crippen molar-refractivity contribution in [2.24, 2.45) is 0 Å². The number of H-pyrrole nitrogens is 1. The molecule has 0 fully saturated rings. The summed E-state index contributed by atoms with van der Waals surface area (Å²) in [5.74, 6) is -0.0678. The minimum Gasteiger partial charge on any atom is -0.477 e. The molecule has 0 atom stereocenters. The summed E-state index contributed by atoms with van der Waals surface area (Å²) in [6.45, 7) is 1.84. The standard InChI is InChI=1S/C14H11N5O3/c1-8-7-9(12-16-18-19-17-12)4-5-11(8)22-13-10(14(20)21)3-2-6-15-13/h2-7H,1H3,(H,20,21)(H,16,17,18,19). The predicted molar refractivity (Wildman–Crippen MR) is 75.6 cm³/mol. The maximum atomic E-state index is 11.2. The van der Waals surface area contributed by atoms with Gasteiger partial charge in [-0.2, -0.15) is 5.21 Å². The molecule has 110 valence electrons. The van der Waals surface area contributed by atoms with E-state index in [-0.39, 0.29) is 11.4 Å². The van der Waals surface area contributed by atoms with E-state index in [0.29, 0.717) is 11.6 Å². The molecule has 8 heteroatoms. The van der Waals surface area contributed by atoms with Crippen LogP contribution < -0.4 is 4.74 Å². The Morgan fingerprint density at radius 2 is 2.18 bits per heavy atom. The van der Waals surface area contributed by atoms with Crippen molar-refractivity contribution in [3.05, 3.63) is 47.7 Å². The number of aromatic carboxylic acids is 1. The highest BCUT2D eigenvalue weighted by Gasteiger charge is 2.14. The molecule has 3 rings (SSSR count). The molecule has 0 spiro atoms. The zero-order valence-electron chi connectivity index (χ0n) is 11.5. The molecule has 0 saturated carbocycles. The van der Waals surface area contributed by atoms with Gasteiger partial charge in [0.2, 0.25) is 11.7 Å². The van der Waals surface area contributed by atoms with E-state index >= 15 is 0 Å². The van der Waals surface area contributed by atoms with Crippen LogP contribution in [-0.4, -0.2) is 36.7 Å². The number of carboxylic acid groups (broad SMARTS) is 1. The average Bonchev–Trinajstić information content (AvgIpc) is 3.04. The van der Waals surface area contributed by atoms with Gasteiger partial charge in [0.05, 0.1) is 0 Å². The zero-order chi connectivity index (χ0) is 15.5. The number of rotatable bonds is 4. The van der Waals surface area contributed by atoms with Gasteiger partial charge in [-0.25, -0.2) is 9.78 Å². The van der Waals surface area contributed by atoms with E-state index in [1.807, 2.05) is 13.0 Å². The van der Waals surface area contributed by atoms with Crippen molar-refractivity contribution in [2.45, 2.75) is 6.92 Å². The highest BCUT2D eigenvalue weighted by Crippen LogP contribution is 2.28. The van der Waals surface area contributed by atoms with Crippen LogP contribution in [0.5, 0.6) is 11.6 Å². The van der Waals surface area contributed by atoms with Crippen LogP contribution in [-0.2, 0) is 0 Å². The first kappa shape index (κ1) is 13.7. The van der Waals surface area contributed by atoms with Crippen LogP contribution in [0, 0.1) is 6.92 Å². The first-order valence-corrected chi connectivity index (χ1v) is 6.36. The molecule has 0 bridgehead atoms. The molecule has 0 aliphatic heterocycles. The number of nitrogens with zero attached hydrogens (tertiary/aromatic N) is 4. The van der Waals surface area contributed by atoms with Gasteiger partial charge in [0.1, 0.15) is 11.3 Å². The molecule has 1 aromatic carbocycles. The third-order valence-electron chi connectivity index (χ3n) is 2.99. The Labute approximate surface area is 124 Å². The molecule has 8 nitrogen and oxygen atoms in total. The number of aryl methyl sites for hydroxylation is 1. The van der Waals surface area contributed by atoms with Crippen LogP contribution in [0.15, 0.2) is 36.5 Å². The number of carboxylic acids is 1. The molecule has 3 aromatic rings. The lowest BCUT2D eigenvalue weighted by Crippen LogP contribution is -2.02. The molecule has 22 heavy (non-hydrogen) atoms. The molecule has 0 amide bonds. The van der Waals surface area contributed by atoms with Crippen molar-refractivity contribution in [2.75, 3.05) is 0 Å². The predicted octanol–water partition coefficient (Wildman–Crippen LogP) is 2.06. The number of pyridine rings is 1. The Hall–Kier alpha value is -3.29. The second-order valence-electron chi connectivity index (χ2n) is 4.48. The van der Waals surface area contributed by atoms with E-state index < -0.39 is 5.97 Å². The average molecular weight is 297 g/mol. The van der Waals surface area contributed by atoms with Gasteiger partial charge in [0, 0.05) is 11.8 Å². The lowest BCUT2D eigenvalue weighted by molar-refractivity contribution is 0.0693. The number of ether oxygens (including phenoxy) is 1. The number of carbonyl (C=O) groups is 1. The minimum absolute atomic E-state index is 0.00384. The van der Waals surface area contributed by atoms with E-state index in [4.69, 9.17) is 9.84 Å². The van der Waals surface area contributed by atoms with Gasteiger partial charge in [0.25, 0.3) is 0 Å². The summed E-state index contributed by atoms with van der Waals surface area (Å²) in [7, 11) is 0. The zero-order valence-corrected chi connectivity index (χ0v) is 11.5. The molecule has 0 aliphatic carbocycles. The topological polar surface area (TPSA) is 114 Å². The van der Waals surface area contributed by atoms with Crippen LogP contribution in [0.1, 0.15) is 15.9 Å². The maximum Gasteiger partial charge on any atom is 0.341 e. The van der Waals surface area contributed by atoms with Gasteiger partial charge in [-0.15, -0.1) is 10.2 Å². The normalized spacial score (nSPS) is 10.4. The fourth-order valence-electron chi connectivity index (χ4n) is 1.93. The summed E-state index contributed by atoms with van der Waals surface area (Å²) in [5.41, 5.74) is 1.58. The largest absolute Gasteiger partial charge is 0.477 e. The Morgan fingerprint density at radius 1 is 1.32 bits per heavy atom. The summed E-state index contributed by atoms with van der Waals surface area (Å²) < 4.78 is 5.62. The summed E-state index contributed by atoms with van der Waals surface area (Å²) in [4.78, 5) is 15.1. The SMILES string of the molecule is Cc1cc(-c2nn[nH]n2)ccc1Oc1ncccc1C(=O)O. The second-order valence-corrected chi connectivity index (χ2v) is 4.48.